The van der Waals surface area contributed by atoms with Gasteiger partial charge in [-0.3, -0.25) is 9.59 Å². The number of halogens is 1. The van der Waals surface area contributed by atoms with Gasteiger partial charge in [0.05, 0.1) is 20.7 Å². The third-order valence-electron chi connectivity index (χ3n) is 1.29. The van der Waals surface area contributed by atoms with E-state index in [0.717, 1.165) is 0 Å². The number of aliphatic carboxylic acids is 3. The van der Waals surface area contributed by atoms with Crippen LogP contribution in [0.4, 0.5) is 0 Å². The third kappa shape index (κ3) is 29.7. The van der Waals surface area contributed by atoms with Crippen LogP contribution in [0.5, 0.6) is 0 Å². The van der Waals surface area contributed by atoms with Gasteiger partial charge in [-0.25, -0.2) is 4.79 Å². The largest absolute Gasteiger partial charge is 1.00 e. The van der Waals surface area contributed by atoms with Crippen LogP contribution in [0.3, 0.4) is 0 Å². The van der Waals surface area contributed by atoms with E-state index < -0.39 is 44.2 Å². The molecule has 0 aromatic rings. The molecule has 0 spiro atoms. The van der Waals surface area contributed by atoms with Crippen LogP contribution in [-0.4, -0.2) is 48.8 Å². The number of hydrogen-bond donors (Lipinski definition) is 5. The van der Waals surface area contributed by atoms with E-state index in [2.05, 4.69) is 0 Å². The zero-order valence-electron chi connectivity index (χ0n) is 11.9. The Morgan fingerprint density at radius 1 is 0.909 bits per heavy atom. The van der Waals surface area contributed by atoms with Crippen LogP contribution in [0.1, 0.15) is 12.8 Å². The predicted octanol–water partition coefficient (Wildman–Crippen LogP) is -15.4. The van der Waals surface area contributed by atoms with Gasteiger partial charge in [0.2, 0.25) is 0 Å². The van der Waals surface area contributed by atoms with Crippen LogP contribution in [0.25, 0.3) is 0 Å². The third-order valence-corrected chi connectivity index (χ3v) is 1.29. The summed E-state index contributed by atoms with van der Waals surface area (Å²) in [6, 6.07) is 0. The molecule has 0 aromatic carbocycles. The van der Waals surface area contributed by atoms with E-state index in [9.17, 15) is 14.4 Å². The van der Waals surface area contributed by atoms with Crippen molar-refractivity contribution in [2.24, 2.45) is 0 Å². The Kier molecular flexibility index (Phi) is 31.2. The molecule has 0 aliphatic carbocycles. The minimum absolute atomic E-state index is 0. The Bertz CT molecular complexity index is 362. The summed E-state index contributed by atoms with van der Waals surface area (Å²) < 4.78 is 8.66. The molecule has 0 aliphatic rings. The Morgan fingerprint density at radius 2 is 1.09 bits per heavy atom. The second kappa shape index (κ2) is 17.6. The minimum Gasteiger partial charge on any atom is -1.00 e. The number of carboxylic acid groups (broad SMARTS) is 3. The molecule has 0 unspecified atom stereocenters. The van der Waals surface area contributed by atoms with Crippen molar-refractivity contribution in [3.63, 3.8) is 0 Å². The number of aliphatic hydroxyl groups is 1. The van der Waals surface area contributed by atoms with E-state index >= 15 is 0 Å². The van der Waals surface area contributed by atoms with Gasteiger partial charge in [0, 0.05) is 0 Å². The van der Waals surface area contributed by atoms with E-state index in [4.69, 9.17) is 39.7 Å². The van der Waals surface area contributed by atoms with E-state index in [1.807, 2.05) is 0 Å². The van der Waals surface area contributed by atoms with Gasteiger partial charge in [-0.05, 0) is 0 Å². The normalized spacial score (nSPS) is 9.09. The summed E-state index contributed by atoms with van der Waals surface area (Å²) >= 11 is 0. The van der Waals surface area contributed by atoms with E-state index in [0.29, 0.717) is 0 Å². The Labute approximate surface area is 197 Å². The molecule has 0 fully saturated rings. The fraction of sp³-hybridized carbons (Fsp3) is 0.500. The molecule has 114 valence electrons. The fourth-order valence-electron chi connectivity index (χ4n) is 0.714. The van der Waals surface area contributed by atoms with Crippen LogP contribution in [0.2, 0.25) is 0 Å². The number of phosphoric acid groups is 1. The quantitative estimate of drug-likeness (QED) is 0.218. The molecule has 0 bridgehead atoms. The first-order valence-electron chi connectivity index (χ1n) is 3.92. The van der Waals surface area contributed by atoms with Crippen LogP contribution < -0.4 is 111 Å². The Hall–Kier alpha value is 1.77. The Balaban J connectivity index is -0.0000000627. The summed E-state index contributed by atoms with van der Waals surface area (Å²) in [5.41, 5.74) is -2.74. The molecule has 0 radical (unpaired) electrons. The van der Waals surface area contributed by atoms with Gasteiger partial charge in [0.25, 0.3) is 0 Å². The first-order chi connectivity index (χ1) is 7.78. The topological polar surface area (TPSA) is 216 Å². The maximum absolute atomic E-state index is 10.3. The standard InChI is InChI=1S/C6H8O7.ClH.3Na.H3O4P/c7-3(8)1-6(13,5(11)12)2-4(9)10;;;;;1-5(2,3)4/h13H,1-2H2,(H,7,8)(H,9,10)(H,11,12);1H;;;;(H3,1,2,3,4)/q;;3*+1;/p-3. The smallest absolute Gasteiger partial charge is 1.00 e. The predicted molar refractivity (Wildman–Crippen MR) is 46.9 cm³/mol. The first-order valence-corrected chi connectivity index (χ1v) is 5.41. The van der Waals surface area contributed by atoms with Gasteiger partial charge >= 0.3 is 107 Å². The number of carboxylic acids is 3. The molecule has 0 saturated heterocycles. The van der Waals surface area contributed by atoms with E-state index in [1.165, 1.54) is 0 Å². The van der Waals surface area contributed by atoms with Crippen molar-refractivity contribution in [1.29, 1.82) is 0 Å². The van der Waals surface area contributed by atoms with Gasteiger partial charge in [-0.1, -0.05) is 0 Å². The monoisotopic (exact) mass is 392 g/mol. The van der Waals surface area contributed by atoms with Gasteiger partial charge in [0.15, 0.2) is 5.60 Å². The number of rotatable bonds is 5. The van der Waals surface area contributed by atoms with Gasteiger partial charge in [-0.2, -0.15) is 0 Å². The SMILES string of the molecule is O=C(O)CC(O)(CC(=O)O)C(=O)O.O=P([O-])([O-])O.[Cl-].[Na+].[Na+].[Na+]. The van der Waals surface area contributed by atoms with Crippen LogP contribution in [0.15, 0.2) is 0 Å². The summed E-state index contributed by atoms with van der Waals surface area (Å²) in [6.07, 6.45) is -2.29. The molecule has 0 amide bonds. The zero-order valence-corrected chi connectivity index (χ0v) is 19.6. The average Bonchev–Trinajstić information content (AvgIpc) is 1.95. The molecule has 0 heterocycles. The molecule has 22 heavy (non-hydrogen) atoms. The van der Waals surface area contributed by atoms with Crippen LogP contribution in [0, 0.1) is 0 Å². The van der Waals surface area contributed by atoms with E-state index in [1.54, 1.807) is 0 Å². The summed E-state index contributed by atoms with van der Waals surface area (Å²) in [5, 5.41) is 33.8. The molecular formula is C6H9ClNa3O11P. The van der Waals surface area contributed by atoms with Crippen molar-refractivity contribution in [3.05, 3.63) is 0 Å². The maximum Gasteiger partial charge on any atom is 1.00 e. The molecular weight excluding hydrogens is 383 g/mol. The molecule has 5 N–H and O–H groups in total. The summed E-state index contributed by atoms with van der Waals surface area (Å²) in [4.78, 5) is 54.8. The molecule has 0 atom stereocenters. The van der Waals surface area contributed by atoms with Gasteiger partial charge in [-0.15, -0.1) is 0 Å². The minimum atomic E-state index is -5.14. The van der Waals surface area contributed by atoms with Crippen molar-refractivity contribution in [3.8, 4) is 0 Å². The molecule has 0 saturated carbocycles. The summed E-state index contributed by atoms with van der Waals surface area (Å²) in [5.74, 6) is -5.02. The second-order valence-corrected chi connectivity index (χ2v) is 3.88. The Morgan fingerprint density at radius 3 is 1.18 bits per heavy atom. The number of hydrogen-bond acceptors (Lipinski definition) is 7. The molecule has 0 rings (SSSR count). The van der Waals surface area contributed by atoms with E-state index in [-0.39, 0.29) is 101 Å². The number of carbonyl (C=O) groups is 3. The van der Waals surface area contributed by atoms with Crippen molar-refractivity contribution < 1.29 is 155 Å². The molecule has 16 heteroatoms. The molecule has 11 nitrogen and oxygen atoms in total. The van der Waals surface area contributed by atoms with Crippen LogP contribution in [-0.2, 0) is 18.9 Å². The van der Waals surface area contributed by atoms with Gasteiger partial charge < -0.3 is 52.1 Å². The van der Waals surface area contributed by atoms with Gasteiger partial charge in [0.1, 0.15) is 0 Å². The fourth-order valence-corrected chi connectivity index (χ4v) is 0.714. The molecule has 0 aliphatic heterocycles. The summed E-state index contributed by atoms with van der Waals surface area (Å²) in [6.45, 7) is 0. The average molecular weight is 393 g/mol. The summed E-state index contributed by atoms with van der Waals surface area (Å²) in [7, 11) is -5.14. The second-order valence-electron chi connectivity index (χ2n) is 2.95. The van der Waals surface area contributed by atoms with Crippen molar-refractivity contribution in [2.45, 2.75) is 18.4 Å². The van der Waals surface area contributed by atoms with Crippen molar-refractivity contribution in [2.75, 3.05) is 0 Å². The zero-order chi connectivity index (χ0) is 15.1. The van der Waals surface area contributed by atoms with Crippen LogP contribution >= 0.6 is 7.82 Å². The molecule has 0 aromatic heterocycles. The van der Waals surface area contributed by atoms with Crippen molar-refractivity contribution in [1.82, 2.24) is 0 Å². The first kappa shape index (κ1) is 39.0. The maximum atomic E-state index is 10.3. The van der Waals surface area contributed by atoms with Crippen molar-refractivity contribution >= 4 is 25.7 Å².